The summed E-state index contributed by atoms with van der Waals surface area (Å²) in [4.78, 5) is 12.1. The molecule has 1 N–H and O–H groups in total. The third-order valence-corrected chi connectivity index (χ3v) is 5.24. The number of hydrogen-bond donors (Lipinski definition) is 1. The molecule has 10 heteroatoms. The summed E-state index contributed by atoms with van der Waals surface area (Å²) < 4.78 is 46.1. The number of methoxy groups -OCH3 is 3. The predicted molar refractivity (Wildman–Crippen MR) is 106 cm³/mol. The number of aryl methyl sites for hydroxylation is 1. The van der Waals surface area contributed by atoms with Crippen LogP contribution in [0.4, 0.5) is 8.78 Å². The SMILES string of the molecule is COc1cc2[nH]c(SCc3ncc(C)c(OC)c3C)nc2c(OC)c1OC(F)F. The molecule has 29 heavy (non-hydrogen) atoms. The molecule has 0 radical (unpaired) electrons. The molecule has 0 spiro atoms. The van der Waals surface area contributed by atoms with Gasteiger partial charge in [0, 0.05) is 29.1 Å². The Hall–Kier alpha value is -2.75. The van der Waals surface area contributed by atoms with E-state index in [0.717, 1.165) is 22.6 Å². The first-order valence-electron chi connectivity index (χ1n) is 8.60. The van der Waals surface area contributed by atoms with E-state index < -0.39 is 6.61 Å². The lowest BCUT2D eigenvalue weighted by molar-refractivity contribution is -0.0524. The number of hydrogen-bond acceptors (Lipinski definition) is 7. The van der Waals surface area contributed by atoms with Crippen LogP contribution in [0.3, 0.4) is 0 Å². The van der Waals surface area contributed by atoms with Crippen LogP contribution in [-0.2, 0) is 5.75 Å². The number of imidazole rings is 1. The van der Waals surface area contributed by atoms with Gasteiger partial charge in [0.25, 0.3) is 0 Å². The number of alkyl halides is 2. The Morgan fingerprint density at radius 3 is 2.41 bits per heavy atom. The summed E-state index contributed by atoms with van der Waals surface area (Å²) in [7, 11) is 4.36. The molecule has 0 saturated carbocycles. The molecule has 0 fully saturated rings. The maximum absolute atomic E-state index is 12.8. The number of nitrogens with one attached hydrogen (secondary N) is 1. The molecule has 7 nitrogen and oxygen atoms in total. The summed E-state index contributed by atoms with van der Waals surface area (Å²) in [6.45, 7) is 0.872. The Labute approximate surface area is 170 Å². The fourth-order valence-corrected chi connectivity index (χ4v) is 3.92. The molecule has 2 aromatic heterocycles. The number of fused-ring (bicyclic) bond motifs is 1. The number of H-pyrrole nitrogens is 1. The molecule has 3 aromatic rings. The molecule has 3 rings (SSSR count). The molecular formula is C19H21F2N3O4S. The van der Waals surface area contributed by atoms with Crippen molar-refractivity contribution in [1.29, 1.82) is 0 Å². The van der Waals surface area contributed by atoms with Crippen molar-refractivity contribution in [2.75, 3.05) is 21.3 Å². The molecule has 0 aliphatic rings. The van der Waals surface area contributed by atoms with Gasteiger partial charge in [-0.15, -0.1) is 0 Å². The maximum atomic E-state index is 12.8. The van der Waals surface area contributed by atoms with Gasteiger partial charge in [0.15, 0.2) is 16.7 Å². The number of benzene rings is 1. The second kappa shape index (κ2) is 8.73. The van der Waals surface area contributed by atoms with E-state index in [0.29, 0.717) is 21.9 Å². The van der Waals surface area contributed by atoms with Gasteiger partial charge in [0.2, 0.25) is 5.75 Å². The van der Waals surface area contributed by atoms with Crippen LogP contribution in [-0.4, -0.2) is 42.9 Å². The normalized spacial score (nSPS) is 11.2. The van der Waals surface area contributed by atoms with Crippen LogP contribution in [0, 0.1) is 13.8 Å². The van der Waals surface area contributed by atoms with Crippen molar-refractivity contribution in [2.45, 2.75) is 31.4 Å². The molecular weight excluding hydrogens is 404 g/mol. The van der Waals surface area contributed by atoms with Crippen LogP contribution < -0.4 is 18.9 Å². The van der Waals surface area contributed by atoms with Crippen LogP contribution in [0.25, 0.3) is 11.0 Å². The molecule has 0 aliphatic heterocycles. The minimum absolute atomic E-state index is 0.0778. The van der Waals surface area contributed by atoms with Crippen molar-refractivity contribution < 1.29 is 27.7 Å². The lowest BCUT2D eigenvalue weighted by atomic mass is 10.1. The van der Waals surface area contributed by atoms with E-state index in [1.807, 2.05) is 13.8 Å². The first kappa shape index (κ1) is 21.0. The molecule has 1 aromatic carbocycles. The first-order valence-corrected chi connectivity index (χ1v) is 9.59. The highest BCUT2D eigenvalue weighted by molar-refractivity contribution is 7.98. The predicted octanol–water partition coefficient (Wildman–Crippen LogP) is 4.49. The Bertz CT molecular complexity index is 1030. The van der Waals surface area contributed by atoms with Gasteiger partial charge < -0.3 is 23.9 Å². The summed E-state index contributed by atoms with van der Waals surface area (Å²) in [6, 6.07) is 1.55. The maximum Gasteiger partial charge on any atom is 0.387 e. The standard InChI is InChI=1S/C19H21F2N3O4S/c1-9-7-22-12(10(2)15(9)26-4)8-29-19-23-11-6-13(25-3)16(28-18(20)21)17(27-5)14(11)24-19/h6-7,18H,8H2,1-5H3,(H,23,24). The van der Waals surface area contributed by atoms with Crippen molar-refractivity contribution in [2.24, 2.45) is 0 Å². The lowest BCUT2D eigenvalue weighted by Gasteiger charge is -2.13. The average Bonchev–Trinajstić information content (AvgIpc) is 3.09. The van der Waals surface area contributed by atoms with E-state index >= 15 is 0 Å². The third-order valence-electron chi connectivity index (χ3n) is 4.36. The van der Waals surface area contributed by atoms with E-state index in [1.54, 1.807) is 19.4 Å². The van der Waals surface area contributed by atoms with Gasteiger partial charge in [-0.3, -0.25) is 4.98 Å². The van der Waals surface area contributed by atoms with Crippen LogP contribution in [0.5, 0.6) is 23.0 Å². The molecule has 0 atom stereocenters. The largest absolute Gasteiger partial charge is 0.496 e. The van der Waals surface area contributed by atoms with Gasteiger partial charge in [-0.1, -0.05) is 11.8 Å². The quantitative estimate of drug-likeness (QED) is 0.533. The van der Waals surface area contributed by atoms with Crippen LogP contribution >= 0.6 is 11.8 Å². The second-order valence-electron chi connectivity index (χ2n) is 6.09. The topological polar surface area (TPSA) is 78.5 Å². The third kappa shape index (κ3) is 4.16. The van der Waals surface area contributed by atoms with Crippen molar-refractivity contribution in [3.63, 3.8) is 0 Å². The molecule has 0 bridgehead atoms. The Morgan fingerprint density at radius 2 is 1.79 bits per heavy atom. The van der Waals surface area contributed by atoms with Crippen molar-refractivity contribution in [3.8, 4) is 23.0 Å². The summed E-state index contributed by atoms with van der Waals surface area (Å²) in [5, 5.41) is 0.579. The van der Waals surface area contributed by atoms with Gasteiger partial charge in [-0.2, -0.15) is 8.78 Å². The Balaban J connectivity index is 1.94. The van der Waals surface area contributed by atoms with E-state index in [1.165, 1.54) is 26.0 Å². The lowest BCUT2D eigenvalue weighted by Crippen LogP contribution is -2.05. The first-order chi connectivity index (χ1) is 13.9. The molecule has 2 heterocycles. The number of aromatic nitrogens is 3. The number of pyridine rings is 1. The summed E-state index contributed by atoms with van der Waals surface area (Å²) in [6.07, 6.45) is 1.77. The van der Waals surface area contributed by atoms with E-state index in [4.69, 9.17) is 14.2 Å². The highest BCUT2D eigenvalue weighted by atomic mass is 32.2. The number of nitrogens with zero attached hydrogens (tertiary/aromatic N) is 2. The summed E-state index contributed by atoms with van der Waals surface area (Å²) in [5.74, 6) is 1.36. The Kier molecular flexibility index (Phi) is 6.31. The van der Waals surface area contributed by atoms with Crippen molar-refractivity contribution in [1.82, 2.24) is 15.0 Å². The zero-order chi connectivity index (χ0) is 21.1. The van der Waals surface area contributed by atoms with Crippen LogP contribution in [0.15, 0.2) is 17.4 Å². The fourth-order valence-electron chi connectivity index (χ4n) is 3.02. The number of halogens is 2. The van der Waals surface area contributed by atoms with Gasteiger partial charge >= 0.3 is 6.61 Å². The van der Waals surface area contributed by atoms with Gasteiger partial charge in [0.1, 0.15) is 11.3 Å². The van der Waals surface area contributed by atoms with Gasteiger partial charge in [0.05, 0.1) is 32.5 Å². The van der Waals surface area contributed by atoms with E-state index in [-0.39, 0.29) is 17.2 Å². The highest BCUT2D eigenvalue weighted by Crippen LogP contribution is 2.44. The number of rotatable bonds is 8. The second-order valence-corrected chi connectivity index (χ2v) is 7.06. The number of aromatic amines is 1. The van der Waals surface area contributed by atoms with Crippen molar-refractivity contribution in [3.05, 3.63) is 29.1 Å². The molecule has 0 saturated heterocycles. The zero-order valence-electron chi connectivity index (χ0n) is 16.6. The minimum Gasteiger partial charge on any atom is -0.496 e. The Morgan fingerprint density at radius 1 is 1.07 bits per heavy atom. The highest BCUT2D eigenvalue weighted by Gasteiger charge is 2.23. The number of thioether (sulfide) groups is 1. The van der Waals surface area contributed by atoms with E-state index in [2.05, 4.69) is 19.7 Å². The average molecular weight is 425 g/mol. The van der Waals surface area contributed by atoms with Crippen LogP contribution in [0.2, 0.25) is 0 Å². The minimum atomic E-state index is -3.02. The summed E-state index contributed by atoms with van der Waals surface area (Å²) >= 11 is 1.42. The monoisotopic (exact) mass is 425 g/mol. The fraction of sp³-hybridized carbons (Fsp3) is 0.368. The number of ether oxygens (including phenoxy) is 4. The van der Waals surface area contributed by atoms with Crippen LogP contribution in [0.1, 0.15) is 16.8 Å². The van der Waals surface area contributed by atoms with Gasteiger partial charge in [-0.05, 0) is 13.8 Å². The van der Waals surface area contributed by atoms with Crippen molar-refractivity contribution >= 4 is 22.8 Å². The molecule has 156 valence electrons. The molecule has 0 aliphatic carbocycles. The van der Waals surface area contributed by atoms with E-state index in [9.17, 15) is 8.78 Å². The zero-order valence-corrected chi connectivity index (χ0v) is 17.4. The van der Waals surface area contributed by atoms with Gasteiger partial charge in [-0.25, -0.2) is 4.98 Å². The smallest absolute Gasteiger partial charge is 0.387 e. The summed E-state index contributed by atoms with van der Waals surface area (Å²) in [5.41, 5.74) is 3.74. The molecule has 0 amide bonds. The molecule has 0 unspecified atom stereocenters.